The second-order valence-corrected chi connectivity index (χ2v) is 17.9. The van der Waals surface area contributed by atoms with Gasteiger partial charge in [-0.2, -0.15) is 0 Å². The lowest BCUT2D eigenvalue weighted by atomic mass is 9.88. The van der Waals surface area contributed by atoms with Crippen LogP contribution in [0.4, 0.5) is 0 Å². The van der Waals surface area contributed by atoms with E-state index in [2.05, 4.69) is 51.8 Å². The van der Waals surface area contributed by atoms with Crippen molar-refractivity contribution in [3.63, 3.8) is 0 Å². The maximum absolute atomic E-state index is 13.3. The van der Waals surface area contributed by atoms with Crippen molar-refractivity contribution >= 4 is 20.3 Å². The lowest BCUT2D eigenvalue weighted by Gasteiger charge is -2.40. The zero-order valence-corrected chi connectivity index (χ0v) is 27.6. The first kappa shape index (κ1) is 34.6. The molecule has 1 N–H and O–H groups in total. The zero-order chi connectivity index (χ0) is 31.0. The summed E-state index contributed by atoms with van der Waals surface area (Å²) in [6, 6.07) is 3.96. The molecule has 0 aromatic carbocycles. The highest BCUT2D eigenvalue weighted by molar-refractivity contribution is 6.74. The maximum atomic E-state index is 13.3. The Bertz CT molecular complexity index is 1100. The Labute approximate surface area is 248 Å². The van der Waals surface area contributed by atoms with E-state index in [-0.39, 0.29) is 29.3 Å². The van der Waals surface area contributed by atoms with Crippen LogP contribution in [-0.4, -0.2) is 54.3 Å². The van der Waals surface area contributed by atoms with Gasteiger partial charge in [-0.1, -0.05) is 65.0 Å². The van der Waals surface area contributed by atoms with Gasteiger partial charge < -0.3 is 19.0 Å². The number of rotatable bonds is 7. The fourth-order valence-corrected chi connectivity index (χ4v) is 5.92. The Balaban J connectivity index is 2.42. The first-order valence-corrected chi connectivity index (χ1v) is 17.5. The number of pyridine rings is 1. The summed E-state index contributed by atoms with van der Waals surface area (Å²) in [6.45, 7) is 19.7. The van der Waals surface area contributed by atoms with Crippen LogP contribution in [0.25, 0.3) is 0 Å². The molecule has 8 heteroatoms. The SMILES string of the molecule is CC(=O)O[C@H]1/C=C/[C@H](C)[C@@H](/C(C)=C/C=C/C(C)c2cccnc2)OC(=O)C[C@H](O[Si](C)(C)C(C)(C)C)CC[C@@]1(C)O. The van der Waals surface area contributed by atoms with Gasteiger partial charge in [0.2, 0.25) is 0 Å². The average molecular weight is 586 g/mol. The van der Waals surface area contributed by atoms with Crippen LogP contribution in [-0.2, 0) is 23.5 Å². The fourth-order valence-electron chi connectivity index (χ4n) is 4.54. The molecule has 7 nitrogen and oxygen atoms in total. The molecule has 1 aromatic rings. The minimum absolute atomic E-state index is 0.0538. The van der Waals surface area contributed by atoms with Crippen molar-refractivity contribution < 1.29 is 28.6 Å². The number of cyclic esters (lactones) is 1. The number of hydrogen-bond acceptors (Lipinski definition) is 7. The number of aromatic nitrogens is 1. The van der Waals surface area contributed by atoms with E-state index in [0.717, 1.165) is 11.1 Å². The normalized spacial score (nSPS) is 28.8. The summed E-state index contributed by atoms with van der Waals surface area (Å²) in [5, 5.41) is 11.4. The van der Waals surface area contributed by atoms with E-state index in [4.69, 9.17) is 13.9 Å². The standard InChI is InChI=1S/C33H51NO6Si/c1-23(27-15-12-20-34-22-27)13-11-14-24(2)31-25(3)16-17-29(38-26(4)35)33(8,37)19-18-28(21-30(36)39-31)40-41(9,10)32(5,6)7/h11-17,20,22-23,25,28-29,31,37H,18-19,21H2,1-10H3/b13-11+,17-16+,24-14+/t23?,25-,28+,29-,31+,33+/m0/s1. The molecule has 1 aromatic heterocycles. The highest BCUT2D eigenvalue weighted by Crippen LogP contribution is 2.39. The summed E-state index contributed by atoms with van der Waals surface area (Å²) in [4.78, 5) is 29.5. The summed E-state index contributed by atoms with van der Waals surface area (Å²) < 4.78 is 18.3. The van der Waals surface area contributed by atoms with Crippen LogP contribution in [0.5, 0.6) is 0 Å². The third-order valence-corrected chi connectivity index (χ3v) is 12.8. The maximum Gasteiger partial charge on any atom is 0.308 e. The Hall–Kier alpha value is -2.55. The van der Waals surface area contributed by atoms with Gasteiger partial charge in [0, 0.05) is 31.2 Å². The molecule has 1 aliphatic rings. The predicted octanol–water partition coefficient (Wildman–Crippen LogP) is 7.05. The zero-order valence-electron chi connectivity index (χ0n) is 26.6. The number of ether oxygens (including phenoxy) is 2. The van der Waals surface area contributed by atoms with Crippen LogP contribution in [0.15, 0.2) is 60.5 Å². The van der Waals surface area contributed by atoms with Crippen LogP contribution in [0.1, 0.15) is 86.1 Å². The predicted molar refractivity (Wildman–Crippen MR) is 166 cm³/mol. The van der Waals surface area contributed by atoms with E-state index >= 15 is 0 Å². The van der Waals surface area contributed by atoms with E-state index in [1.54, 1.807) is 19.2 Å². The lowest BCUT2D eigenvalue weighted by molar-refractivity contribution is -0.157. The molecule has 0 fully saturated rings. The number of carbonyl (C=O) groups is 2. The number of nitrogens with zero attached hydrogens (tertiary/aromatic N) is 1. The summed E-state index contributed by atoms with van der Waals surface area (Å²) >= 11 is 0. The van der Waals surface area contributed by atoms with E-state index in [0.29, 0.717) is 12.8 Å². The van der Waals surface area contributed by atoms with Crippen molar-refractivity contribution in [3.8, 4) is 0 Å². The van der Waals surface area contributed by atoms with E-state index in [9.17, 15) is 14.7 Å². The third kappa shape index (κ3) is 10.7. The van der Waals surface area contributed by atoms with Gasteiger partial charge in [0.1, 0.15) is 17.8 Å². The van der Waals surface area contributed by atoms with Crippen LogP contribution < -0.4 is 0 Å². The summed E-state index contributed by atoms with van der Waals surface area (Å²) in [5.74, 6) is -0.881. The number of carbonyl (C=O) groups excluding carboxylic acids is 2. The minimum atomic E-state index is -2.22. The smallest absolute Gasteiger partial charge is 0.308 e. The molecular formula is C33H51NO6Si. The fraction of sp³-hybridized carbons (Fsp3) is 0.606. The molecule has 0 bridgehead atoms. The van der Waals surface area contributed by atoms with Crippen LogP contribution in [0.3, 0.4) is 0 Å². The molecule has 1 unspecified atom stereocenters. The summed E-state index contributed by atoms with van der Waals surface area (Å²) in [6.07, 6.45) is 12.1. The molecule has 2 rings (SSSR count). The minimum Gasteiger partial charge on any atom is -0.457 e. The second-order valence-electron chi connectivity index (χ2n) is 13.2. The topological polar surface area (TPSA) is 95.0 Å². The Morgan fingerprint density at radius 3 is 2.54 bits per heavy atom. The molecule has 1 aliphatic heterocycles. The van der Waals surface area contributed by atoms with Crippen molar-refractivity contribution in [2.24, 2.45) is 5.92 Å². The number of esters is 2. The molecule has 0 amide bonds. The van der Waals surface area contributed by atoms with Gasteiger partial charge in [0.25, 0.3) is 0 Å². The van der Waals surface area contributed by atoms with Gasteiger partial charge in [-0.25, -0.2) is 0 Å². The molecule has 0 aliphatic carbocycles. The van der Waals surface area contributed by atoms with Gasteiger partial charge in [-0.05, 0) is 68.1 Å². The van der Waals surface area contributed by atoms with Gasteiger partial charge in [0.05, 0.1) is 12.5 Å². The summed E-state index contributed by atoms with van der Waals surface area (Å²) in [7, 11) is -2.22. The van der Waals surface area contributed by atoms with Crippen molar-refractivity contribution in [1.29, 1.82) is 0 Å². The third-order valence-electron chi connectivity index (χ3n) is 8.28. The Kier molecular flexibility index (Phi) is 12.3. The summed E-state index contributed by atoms with van der Waals surface area (Å²) in [5.41, 5.74) is 0.644. The first-order valence-electron chi connectivity index (χ1n) is 14.6. The quantitative estimate of drug-likeness (QED) is 0.159. The van der Waals surface area contributed by atoms with Crippen molar-refractivity contribution in [1.82, 2.24) is 4.98 Å². The van der Waals surface area contributed by atoms with Crippen LogP contribution in [0.2, 0.25) is 18.1 Å². The van der Waals surface area contributed by atoms with Crippen molar-refractivity contribution in [3.05, 3.63) is 66.0 Å². The monoisotopic (exact) mass is 585 g/mol. The second kappa shape index (κ2) is 14.6. The largest absolute Gasteiger partial charge is 0.457 e. The molecular weight excluding hydrogens is 534 g/mol. The average Bonchev–Trinajstić information content (AvgIpc) is 2.86. The Morgan fingerprint density at radius 2 is 1.95 bits per heavy atom. The van der Waals surface area contributed by atoms with Gasteiger partial charge >= 0.3 is 11.9 Å². The van der Waals surface area contributed by atoms with Crippen LogP contribution >= 0.6 is 0 Å². The molecule has 0 saturated carbocycles. The molecule has 0 spiro atoms. The Morgan fingerprint density at radius 1 is 1.27 bits per heavy atom. The van der Waals surface area contributed by atoms with E-state index < -0.39 is 38.2 Å². The molecule has 0 radical (unpaired) electrons. The van der Waals surface area contributed by atoms with Gasteiger partial charge in [-0.3, -0.25) is 14.6 Å². The van der Waals surface area contributed by atoms with Crippen molar-refractivity contribution in [2.45, 2.75) is 123 Å². The molecule has 41 heavy (non-hydrogen) atoms. The number of allylic oxidation sites excluding steroid dienone is 3. The number of aliphatic hydroxyl groups is 1. The first-order chi connectivity index (χ1) is 18.9. The highest BCUT2D eigenvalue weighted by Gasteiger charge is 2.41. The van der Waals surface area contributed by atoms with Gasteiger partial charge in [0.15, 0.2) is 8.32 Å². The molecule has 0 saturated heterocycles. The molecule has 6 atom stereocenters. The van der Waals surface area contributed by atoms with Gasteiger partial charge in [-0.15, -0.1) is 0 Å². The number of hydrogen-bond donors (Lipinski definition) is 1. The molecule has 228 valence electrons. The van der Waals surface area contributed by atoms with Crippen LogP contribution in [0, 0.1) is 5.92 Å². The lowest BCUT2D eigenvalue weighted by Crippen LogP contribution is -2.46. The van der Waals surface area contributed by atoms with Crippen molar-refractivity contribution in [2.75, 3.05) is 0 Å². The molecule has 2 heterocycles. The van der Waals surface area contributed by atoms with E-state index in [1.165, 1.54) is 6.92 Å². The van der Waals surface area contributed by atoms with E-state index in [1.807, 2.05) is 50.4 Å². The highest BCUT2D eigenvalue weighted by atomic mass is 28.4.